The summed E-state index contributed by atoms with van der Waals surface area (Å²) in [5.41, 5.74) is 2.57. The molecule has 0 radical (unpaired) electrons. The van der Waals surface area contributed by atoms with Gasteiger partial charge in [-0.05, 0) is 60.5 Å². The van der Waals surface area contributed by atoms with Crippen LogP contribution in [0, 0.1) is 0 Å². The first-order chi connectivity index (χ1) is 13.0. The molecule has 6 heteroatoms. The summed E-state index contributed by atoms with van der Waals surface area (Å²) in [6.07, 6.45) is 2.55. The van der Waals surface area contributed by atoms with E-state index in [1.165, 1.54) is 29.8 Å². The van der Waals surface area contributed by atoms with Crippen LogP contribution in [0.15, 0.2) is 82.7 Å². The number of hydrogen-bond acceptors (Lipinski definition) is 4. The van der Waals surface area contributed by atoms with Crippen molar-refractivity contribution in [2.75, 3.05) is 0 Å². The number of benzene rings is 3. The average Bonchev–Trinajstić information content (AvgIpc) is 2.68. The van der Waals surface area contributed by atoms with Crippen LogP contribution in [0.4, 0.5) is 5.69 Å². The van der Waals surface area contributed by atoms with Gasteiger partial charge in [0, 0.05) is 16.8 Å². The molecule has 0 bridgehead atoms. The second-order valence-electron chi connectivity index (χ2n) is 5.81. The zero-order valence-corrected chi connectivity index (χ0v) is 16.2. The lowest BCUT2D eigenvalue weighted by Crippen LogP contribution is -2.10. The van der Waals surface area contributed by atoms with E-state index < -0.39 is 10.1 Å². The quantitative estimate of drug-likeness (QED) is 0.410. The summed E-state index contributed by atoms with van der Waals surface area (Å²) in [5, 5.41) is 0.454. The Morgan fingerprint density at radius 3 is 2.30 bits per heavy atom. The predicted molar refractivity (Wildman–Crippen MR) is 109 cm³/mol. The summed E-state index contributed by atoms with van der Waals surface area (Å²) in [5.74, 6) is 0.210. The van der Waals surface area contributed by atoms with Crippen LogP contribution in [-0.4, -0.2) is 14.6 Å². The van der Waals surface area contributed by atoms with Crippen LogP contribution in [0.1, 0.15) is 18.1 Å². The van der Waals surface area contributed by atoms with Crippen LogP contribution < -0.4 is 4.18 Å². The van der Waals surface area contributed by atoms with Gasteiger partial charge in [-0.15, -0.1) is 0 Å². The molecule has 3 aromatic rings. The van der Waals surface area contributed by atoms with Gasteiger partial charge in [-0.1, -0.05) is 42.8 Å². The van der Waals surface area contributed by atoms with Gasteiger partial charge in [0.1, 0.15) is 4.90 Å². The van der Waals surface area contributed by atoms with Crippen molar-refractivity contribution in [2.45, 2.75) is 18.2 Å². The van der Waals surface area contributed by atoms with E-state index in [0.29, 0.717) is 10.6 Å². The molecule has 0 fully saturated rings. The monoisotopic (exact) mass is 399 g/mol. The number of para-hydroxylation sites is 1. The molecule has 0 aliphatic heterocycles. The molecule has 3 aromatic carbocycles. The van der Waals surface area contributed by atoms with E-state index >= 15 is 0 Å². The fourth-order valence-corrected chi connectivity index (χ4v) is 3.47. The molecule has 0 heterocycles. The van der Waals surface area contributed by atoms with Crippen LogP contribution in [0.25, 0.3) is 0 Å². The van der Waals surface area contributed by atoms with Crippen molar-refractivity contribution in [2.24, 2.45) is 4.99 Å². The highest BCUT2D eigenvalue weighted by Crippen LogP contribution is 2.23. The number of hydrogen-bond donors (Lipinski definition) is 0. The molecule has 0 saturated carbocycles. The standard InChI is InChI=1S/C21H18ClNO3S/c1-2-16-7-11-19(12-8-16)23-15-17-5-3-4-6-21(17)26-27(24,25)20-13-9-18(22)10-14-20/h3-15H,2H2,1H3. The Balaban J connectivity index is 1.85. The Bertz CT molecular complexity index is 1040. The highest BCUT2D eigenvalue weighted by molar-refractivity contribution is 7.87. The molecule has 0 N–H and O–H groups in total. The van der Waals surface area contributed by atoms with Crippen molar-refractivity contribution in [3.8, 4) is 5.75 Å². The SMILES string of the molecule is CCc1ccc(N=Cc2ccccc2OS(=O)(=O)c2ccc(Cl)cc2)cc1. The summed E-state index contributed by atoms with van der Waals surface area (Å²) < 4.78 is 30.3. The molecule has 0 unspecified atom stereocenters. The molecule has 0 saturated heterocycles. The van der Waals surface area contributed by atoms with Crippen molar-refractivity contribution in [1.82, 2.24) is 0 Å². The number of rotatable bonds is 6. The molecular weight excluding hydrogens is 382 g/mol. The second kappa shape index (κ2) is 8.37. The lowest BCUT2D eigenvalue weighted by atomic mass is 10.1. The maximum atomic E-state index is 12.5. The maximum Gasteiger partial charge on any atom is 0.339 e. The molecule has 0 aliphatic carbocycles. The molecule has 3 rings (SSSR count). The Kier molecular flexibility index (Phi) is 5.94. The van der Waals surface area contributed by atoms with E-state index in [2.05, 4.69) is 11.9 Å². The predicted octanol–water partition coefficient (Wildman–Crippen LogP) is 5.42. The van der Waals surface area contributed by atoms with E-state index in [1.54, 1.807) is 30.5 Å². The van der Waals surface area contributed by atoms with E-state index in [9.17, 15) is 8.42 Å². The van der Waals surface area contributed by atoms with Gasteiger partial charge in [-0.25, -0.2) is 0 Å². The third kappa shape index (κ3) is 4.96. The van der Waals surface area contributed by atoms with Crippen molar-refractivity contribution < 1.29 is 12.6 Å². The van der Waals surface area contributed by atoms with Crippen LogP contribution in [0.2, 0.25) is 5.02 Å². The van der Waals surface area contributed by atoms with Crippen LogP contribution in [0.3, 0.4) is 0 Å². The number of halogens is 1. The van der Waals surface area contributed by atoms with E-state index in [1.807, 2.05) is 24.3 Å². The highest BCUT2D eigenvalue weighted by Gasteiger charge is 2.17. The molecule has 0 aliphatic rings. The zero-order chi connectivity index (χ0) is 19.3. The molecule has 0 aromatic heterocycles. The lowest BCUT2D eigenvalue weighted by Gasteiger charge is -2.09. The smallest absolute Gasteiger partial charge is 0.339 e. The minimum atomic E-state index is -3.96. The Morgan fingerprint density at radius 2 is 1.63 bits per heavy atom. The third-order valence-electron chi connectivity index (χ3n) is 3.92. The molecular formula is C21H18ClNO3S. The van der Waals surface area contributed by atoms with Crippen molar-refractivity contribution in [1.29, 1.82) is 0 Å². The minimum absolute atomic E-state index is 0.0359. The number of aryl methyl sites for hydroxylation is 1. The molecule has 4 nitrogen and oxygen atoms in total. The first-order valence-electron chi connectivity index (χ1n) is 8.40. The van der Waals surface area contributed by atoms with E-state index in [-0.39, 0.29) is 10.6 Å². The normalized spacial score (nSPS) is 11.6. The summed E-state index contributed by atoms with van der Waals surface area (Å²) in [6.45, 7) is 2.09. The third-order valence-corrected chi connectivity index (χ3v) is 5.42. The summed E-state index contributed by atoms with van der Waals surface area (Å²) >= 11 is 5.81. The van der Waals surface area contributed by atoms with Gasteiger partial charge >= 0.3 is 10.1 Å². The topological polar surface area (TPSA) is 55.7 Å². The van der Waals surface area contributed by atoms with Crippen molar-refractivity contribution in [3.05, 3.63) is 88.9 Å². The molecule has 0 spiro atoms. The van der Waals surface area contributed by atoms with Crippen LogP contribution in [-0.2, 0) is 16.5 Å². The van der Waals surface area contributed by atoms with Gasteiger partial charge in [0.2, 0.25) is 0 Å². The molecule has 27 heavy (non-hydrogen) atoms. The Hall–Kier alpha value is -2.63. The first-order valence-corrected chi connectivity index (χ1v) is 10.2. The van der Waals surface area contributed by atoms with Gasteiger partial charge in [0.25, 0.3) is 0 Å². The number of nitrogens with zero attached hydrogens (tertiary/aromatic N) is 1. The molecule has 138 valence electrons. The van der Waals surface area contributed by atoms with E-state index in [4.69, 9.17) is 15.8 Å². The molecule has 0 atom stereocenters. The minimum Gasteiger partial charge on any atom is -0.378 e. The van der Waals surface area contributed by atoms with E-state index in [0.717, 1.165) is 12.1 Å². The summed E-state index contributed by atoms with van der Waals surface area (Å²) in [4.78, 5) is 4.45. The fourth-order valence-electron chi connectivity index (χ4n) is 2.39. The van der Waals surface area contributed by atoms with Gasteiger partial charge in [0.15, 0.2) is 5.75 Å². The largest absolute Gasteiger partial charge is 0.378 e. The van der Waals surface area contributed by atoms with Crippen molar-refractivity contribution >= 4 is 33.6 Å². The van der Waals surface area contributed by atoms with Gasteiger partial charge in [-0.3, -0.25) is 4.99 Å². The Labute approximate surface area is 164 Å². The Morgan fingerprint density at radius 1 is 0.963 bits per heavy atom. The van der Waals surface area contributed by atoms with Crippen LogP contribution in [0.5, 0.6) is 5.75 Å². The first kappa shape index (κ1) is 19.1. The lowest BCUT2D eigenvalue weighted by molar-refractivity contribution is 0.485. The van der Waals surface area contributed by atoms with Crippen LogP contribution >= 0.6 is 11.6 Å². The highest BCUT2D eigenvalue weighted by atomic mass is 35.5. The maximum absolute atomic E-state index is 12.5. The van der Waals surface area contributed by atoms with Gasteiger partial charge in [-0.2, -0.15) is 8.42 Å². The molecule has 0 amide bonds. The second-order valence-corrected chi connectivity index (χ2v) is 7.79. The number of aliphatic imine (C=N–C) groups is 1. The zero-order valence-electron chi connectivity index (χ0n) is 14.7. The summed E-state index contributed by atoms with van der Waals surface area (Å²) in [6, 6.07) is 20.5. The average molecular weight is 400 g/mol. The fraction of sp³-hybridized carbons (Fsp3) is 0.0952. The van der Waals surface area contributed by atoms with Gasteiger partial charge < -0.3 is 4.18 Å². The summed E-state index contributed by atoms with van der Waals surface area (Å²) in [7, 11) is -3.96. The van der Waals surface area contributed by atoms with Gasteiger partial charge in [0.05, 0.1) is 5.69 Å². The van der Waals surface area contributed by atoms with Crippen molar-refractivity contribution in [3.63, 3.8) is 0 Å².